The van der Waals surface area contributed by atoms with Crippen molar-refractivity contribution in [2.75, 3.05) is 6.61 Å². The molecule has 0 atom stereocenters. The first-order valence-electron chi connectivity index (χ1n) is 5.21. The zero-order chi connectivity index (χ0) is 12.1. The lowest BCUT2D eigenvalue weighted by atomic mass is 10.2. The summed E-state index contributed by atoms with van der Waals surface area (Å²) >= 11 is 0. The maximum atomic E-state index is 11.4. The van der Waals surface area contributed by atoms with Crippen molar-refractivity contribution in [1.29, 1.82) is 0 Å². The molecule has 0 saturated carbocycles. The van der Waals surface area contributed by atoms with E-state index in [9.17, 15) is 4.79 Å². The Bertz CT molecular complexity index is 239. The molecule has 0 saturated heterocycles. The van der Waals surface area contributed by atoms with Crippen molar-refractivity contribution >= 4 is 14.3 Å². The fourth-order valence-corrected chi connectivity index (χ4v) is 1.57. The number of carbonyl (C=O) groups excluding carboxylic acids is 1. The fourth-order valence-electron chi connectivity index (χ4n) is 0.693. The van der Waals surface area contributed by atoms with E-state index in [-0.39, 0.29) is 17.6 Å². The van der Waals surface area contributed by atoms with Crippen LogP contribution in [-0.4, -0.2) is 26.0 Å². The second-order valence-electron chi connectivity index (χ2n) is 5.10. The molecule has 0 fully saturated rings. The Kier molecular flexibility index (Phi) is 5.24. The molecule has 0 amide bonds. The zero-order valence-electron chi connectivity index (χ0n) is 10.3. The van der Waals surface area contributed by atoms with Gasteiger partial charge in [-0.1, -0.05) is 26.8 Å². The van der Waals surface area contributed by atoms with Crippen LogP contribution in [0.15, 0.2) is 12.2 Å². The summed E-state index contributed by atoms with van der Waals surface area (Å²) in [5.41, 5.74) is 0. The largest absolute Gasteiger partial charge is 0.516 e. The number of aliphatic hydroxyl groups is 1. The van der Waals surface area contributed by atoms with Crippen molar-refractivity contribution in [2.45, 2.75) is 45.3 Å². The highest BCUT2D eigenvalue weighted by atomic mass is 28.4. The Labute approximate surface area is 93.3 Å². The molecule has 88 valence electrons. The monoisotopic (exact) mass is 230 g/mol. The highest BCUT2D eigenvalue weighted by molar-refractivity contribution is 6.75. The van der Waals surface area contributed by atoms with Crippen molar-refractivity contribution in [1.82, 2.24) is 0 Å². The molecule has 0 spiro atoms. The summed E-state index contributed by atoms with van der Waals surface area (Å²) in [5.74, 6) is -0.296. The lowest BCUT2D eigenvalue weighted by Gasteiger charge is -2.34. The summed E-state index contributed by atoms with van der Waals surface area (Å²) in [4.78, 5) is 11.4. The first-order valence-corrected chi connectivity index (χ1v) is 8.12. The van der Waals surface area contributed by atoms with Gasteiger partial charge in [0.1, 0.15) is 0 Å². The van der Waals surface area contributed by atoms with Gasteiger partial charge in [-0.25, -0.2) is 4.79 Å². The molecule has 0 bridgehead atoms. The van der Waals surface area contributed by atoms with Gasteiger partial charge in [-0.15, -0.1) is 0 Å². The van der Waals surface area contributed by atoms with Gasteiger partial charge in [0.2, 0.25) is 0 Å². The molecule has 0 rings (SSSR count). The molecule has 0 aliphatic carbocycles. The fraction of sp³-hybridized carbons (Fsp3) is 0.727. The summed E-state index contributed by atoms with van der Waals surface area (Å²) in [6.45, 7) is 10.4. The van der Waals surface area contributed by atoms with Crippen LogP contribution in [0, 0.1) is 0 Å². The summed E-state index contributed by atoms with van der Waals surface area (Å²) in [6, 6.07) is 0. The molecule has 0 aliphatic heterocycles. The molecule has 0 unspecified atom stereocenters. The van der Waals surface area contributed by atoms with Crippen molar-refractivity contribution in [3.63, 3.8) is 0 Å². The van der Waals surface area contributed by atoms with Gasteiger partial charge in [-0.2, -0.15) is 0 Å². The maximum Gasteiger partial charge on any atom is 0.317 e. The van der Waals surface area contributed by atoms with E-state index in [0.717, 1.165) is 0 Å². The smallest absolute Gasteiger partial charge is 0.317 e. The van der Waals surface area contributed by atoms with E-state index in [0.29, 0.717) is 6.42 Å². The molecule has 0 aromatic heterocycles. The average molecular weight is 230 g/mol. The Morgan fingerprint density at radius 3 is 2.33 bits per heavy atom. The van der Waals surface area contributed by atoms with E-state index in [1.54, 1.807) is 6.08 Å². The number of hydrogen-bond donors (Lipinski definition) is 1. The normalized spacial score (nSPS) is 13.2. The topological polar surface area (TPSA) is 46.5 Å². The minimum atomic E-state index is -1.99. The molecule has 3 nitrogen and oxygen atoms in total. The maximum absolute atomic E-state index is 11.4. The Hall–Kier alpha value is -0.613. The van der Waals surface area contributed by atoms with Crippen LogP contribution >= 0.6 is 0 Å². The number of carbonyl (C=O) groups is 1. The number of aliphatic hydroxyl groups excluding tert-OH is 1. The van der Waals surface area contributed by atoms with Crippen LogP contribution in [0.1, 0.15) is 27.2 Å². The minimum absolute atomic E-state index is 0.0352. The van der Waals surface area contributed by atoms with Crippen LogP contribution in [0.25, 0.3) is 0 Å². The van der Waals surface area contributed by atoms with Gasteiger partial charge < -0.3 is 9.53 Å². The molecule has 1 N–H and O–H groups in total. The third kappa shape index (κ3) is 5.13. The van der Waals surface area contributed by atoms with Crippen LogP contribution in [0.5, 0.6) is 0 Å². The van der Waals surface area contributed by atoms with Crippen molar-refractivity contribution < 1.29 is 14.3 Å². The van der Waals surface area contributed by atoms with Gasteiger partial charge in [0.25, 0.3) is 8.32 Å². The van der Waals surface area contributed by atoms with E-state index in [1.807, 2.05) is 13.1 Å². The zero-order valence-corrected chi connectivity index (χ0v) is 11.3. The van der Waals surface area contributed by atoms with Crippen LogP contribution in [0.2, 0.25) is 18.1 Å². The Morgan fingerprint density at radius 2 is 1.93 bits per heavy atom. The van der Waals surface area contributed by atoms with Crippen LogP contribution < -0.4 is 0 Å². The predicted molar refractivity (Wildman–Crippen MR) is 64.1 cm³/mol. The second-order valence-corrected chi connectivity index (χ2v) is 9.82. The van der Waals surface area contributed by atoms with Crippen LogP contribution in [-0.2, 0) is 9.22 Å². The van der Waals surface area contributed by atoms with Crippen molar-refractivity contribution in [3.05, 3.63) is 12.2 Å². The SMILES string of the molecule is CC(C)(C)[Si](C)(C)OC(=O)C=CCCO. The second kappa shape index (κ2) is 5.46. The quantitative estimate of drug-likeness (QED) is 0.596. The summed E-state index contributed by atoms with van der Waals surface area (Å²) in [7, 11) is -1.99. The van der Waals surface area contributed by atoms with E-state index in [2.05, 4.69) is 20.8 Å². The van der Waals surface area contributed by atoms with E-state index >= 15 is 0 Å². The molecule has 0 radical (unpaired) electrons. The minimum Gasteiger partial charge on any atom is -0.516 e. The van der Waals surface area contributed by atoms with Gasteiger partial charge in [-0.05, 0) is 24.6 Å². The molecule has 0 aromatic carbocycles. The standard InChI is InChI=1S/C11H22O3Si/c1-11(2,3)15(4,5)14-10(13)8-6-7-9-12/h6,8,12H,7,9H2,1-5H3. The van der Waals surface area contributed by atoms with Crippen molar-refractivity contribution in [2.24, 2.45) is 0 Å². The summed E-state index contributed by atoms with van der Waals surface area (Å²) in [6.07, 6.45) is 3.53. The van der Waals surface area contributed by atoms with Crippen molar-refractivity contribution in [3.8, 4) is 0 Å². The lowest BCUT2D eigenvalue weighted by molar-refractivity contribution is -0.130. The van der Waals surface area contributed by atoms with Crippen LogP contribution in [0.4, 0.5) is 0 Å². The van der Waals surface area contributed by atoms with Gasteiger partial charge in [0.05, 0.1) is 0 Å². The summed E-state index contributed by atoms with van der Waals surface area (Å²) in [5, 5.41) is 8.58. The third-order valence-electron chi connectivity index (χ3n) is 2.71. The molecule has 0 aromatic rings. The average Bonchev–Trinajstić information content (AvgIpc) is 2.01. The number of rotatable bonds is 4. The van der Waals surface area contributed by atoms with Gasteiger partial charge in [-0.3, -0.25) is 0 Å². The molecular weight excluding hydrogens is 208 g/mol. The van der Waals surface area contributed by atoms with E-state index in [1.165, 1.54) is 6.08 Å². The molecule has 15 heavy (non-hydrogen) atoms. The van der Waals surface area contributed by atoms with E-state index < -0.39 is 8.32 Å². The van der Waals surface area contributed by atoms with Gasteiger partial charge in [0, 0.05) is 12.7 Å². The Morgan fingerprint density at radius 1 is 1.40 bits per heavy atom. The molecular formula is C11H22O3Si. The first-order chi connectivity index (χ1) is 6.70. The Balaban J connectivity index is 4.29. The lowest BCUT2D eigenvalue weighted by Crippen LogP contribution is -2.42. The molecule has 4 heteroatoms. The third-order valence-corrected chi connectivity index (χ3v) is 7.04. The molecule has 0 aliphatic rings. The van der Waals surface area contributed by atoms with Crippen LogP contribution in [0.3, 0.4) is 0 Å². The predicted octanol–water partition coefficient (Wildman–Crippen LogP) is 2.47. The van der Waals surface area contributed by atoms with Gasteiger partial charge >= 0.3 is 5.97 Å². The highest BCUT2D eigenvalue weighted by Crippen LogP contribution is 2.36. The molecule has 0 heterocycles. The van der Waals surface area contributed by atoms with E-state index in [4.69, 9.17) is 9.53 Å². The van der Waals surface area contributed by atoms with Gasteiger partial charge in [0.15, 0.2) is 0 Å². The highest BCUT2D eigenvalue weighted by Gasteiger charge is 2.39. The first kappa shape index (κ1) is 14.4. The number of hydrogen-bond acceptors (Lipinski definition) is 3. The summed E-state index contributed by atoms with van der Waals surface area (Å²) < 4.78 is 5.48.